The van der Waals surface area contributed by atoms with E-state index in [1.54, 1.807) is 32.0 Å². The molecule has 5 heteroatoms. The second-order valence-corrected chi connectivity index (χ2v) is 3.62. The molecule has 100 valence electrons. The Hall–Kier alpha value is -2.35. The van der Waals surface area contributed by atoms with Crippen molar-refractivity contribution in [1.82, 2.24) is 0 Å². The minimum Gasteiger partial charge on any atom is -0.465 e. The highest BCUT2D eigenvalue weighted by molar-refractivity contribution is 5.94. The Labute approximate surface area is 111 Å². The van der Waals surface area contributed by atoms with E-state index in [4.69, 9.17) is 14.7 Å². The summed E-state index contributed by atoms with van der Waals surface area (Å²) in [6.07, 6.45) is 0. The molecule has 0 aliphatic heterocycles. The second-order valence-electron chi connectivity index (χ2n) is 3.62. The van der Waals surface area contributed by atoms with E-state index in [-0.39, 0.29) is 18.8 Å². The zero-order valence-electron chi connectivity index (χ0n) is 10.9. The number of ether oxygens (including phenoxy) is 2. The van der Waals surface area contributed by atoms with Gasteiger partial charge in [-0.05, 0) is 25.5 Å². The predicted molar refractivity (Wildman–Crippen MR) is 67.4 cm³/mol. The molecule has 0 heterocycles. The van der Waals surface area contributed by atoms with Gasteiger partial charge in [0, 0.05) is 0 Å². The number of nitrogens with zero attached hydrogens (tertiary/aromatic N) is 1. The molecule has 0 fully saturated rings. The summed E-state index contributed by atoms with van der Waals surface area (Å²) in [7, 11) is 0. The van der Waals surface area contributed by atoms with E-state index in [0.29, 0.717) is 5.56 Å². The predicted octanol–water partition coefficient (Wildman–Crippen LogP) is 2.03. The van der Waals surface area contributed by atoms with Crippen molar-refractivity contribution in [3.05, 3.63) is 35.4 Å². The Morgan fingerprint density at radius 3 is 2.42 bits per heavy atom. The van der Waals surface area contributed by atoms with Crippen molar-refractivity contribution in [2.24, 2.45) is 0 Å². The van der Waals surface area contributed by atoms with Crippen LogP contribution in [-0.4, -0.2) is 25.2 Å². The Morgan fingerprint density at radius 1 is 1.21 bits per heavy atom. The minimum atomic E-state index is -1.12. The van der Waals surface area contributed by atoms with Gasteiger partial charge in [0.1, 0.15) is 0 Å². The molecular formula is C14H15NO4. The summed E-state index contributed by atoms with van der Waals surface area (Å²) in [4.78, 5) is 23.5. The fourth-order valence-electron chi connectivity index (χ4n) is 1.62. The van der Waals surface area contributed by atoms with Gasteiger partial charge in [-0.2, -0.15) is 5.26 Å². The summed E-state index contributed by atoms with van der Waals surface area (Å²) in [6, 6.07) is 8.24. The van der Waals surface area contributed by atoms with Gasteiger partial charge in [-0.25, -0.2) is 4.79 Å². The van der Waals surface area contributed by atoms with Gasteiger partial charge in [0.05, 0.1) is 24.8 Å². The van der Waals surface area contributed by atoms with Crippen LogP contribution in [0.1, 0.15) is 35.7 Å². The molecule has 1 atom stereocenters. The van der Waals surface area contributed by atoms with E-state index < -0.39 is 17.9 Å². The third-order valence-electron chi connectivity index (χ3n) is 2.42. The highest BCUT2D eigenvalue weighted by Gasteiger charge is 2.26. The van der Waals surface area contributed by atoms with Gasteiger partial charge in [0.15, 0.2) is 5.92 Å². The Bertz CT molecular complexity index is 504. The van der Waals surface area contributed by atoms with Crippen molar-refractivity contribution >= 4 is 11.9 Å². The summed E-state index contributed by atoms with van der Waals surface area (Å²) >= 11 is 0. The molecule has 5 nitrogen and oxygen atoms in total. The molecule has 1 aromatic carbocycles. The maximum Gasteiger partial charge on any atom is 0.338 e. The van der Waals surface area contributed by atoms with Crippen molar-refractivity contribution in [1.29, 1.82) is 5.26 Å². The zero-order valence-corrected chi connectivity index (χ0v) is 10.9. The van der Waals surface area contributed by atoms with Gasteiger partial charge < -0.3 is 9.47 Å². The van der Waals surface area contributed by atoms with Crippen molar-refractivity contribution in [3.8, 4) is 6.07 Å². The van der Waals surface area contributed by atoms with E-state index in [1.165, 1.54) is 6.07 Å². The van der Waals surface area contributed by atoms with Gasteiger partial charge in [-0.1, -0.05) is 18.2 Å². The third kappa shape index (κ3) is 3.55. The summed E-state index contributed by atoms with van der Waals surface area (Å²) in [5, 5.41) is 9.11. The Kier molecular flexibility index (Phi) is 5.55. The van der Waals surface area contributed by atoms with E-state index in [2.05, 4.69) is 0 Å². The molecule has 0 N–H and O–H groups in total. The molecule has 1 unspecified atom stereocenters. The van der Waals surface area contributed by atoms with E-state index in [0.717, 1.165) is 0 Å². The molecule has 0 amide bonds. The smallest absolute Gasteiger partial charge is 0.338 e. The molecular weight excluding hydrogens is 246 g/mol. The lowest BCUT2D eigenvalue weighted by Crippen LogP contribution is -2.18. The van der Waals surface area contributed by atoms with Crippen molar-refractivity contribution in [2.45, 2.75) is 19.8 Å². The first-order chi connectivity index (χ1) is 9.15. The minimum absolute atomic E-state index is 0.179. The van der Waals surface area contributed by atoms with Crippen LogP contribution in [-0.2, 0) is 14.3 Å². The van der Waals surface area contributed by atoms with Crippen LogP contribution < -0.4 is 0 Å². The average Bonchev–Trinajstić information content (AvgIpc) is 2.41. The first kappa shape index (κ1) is 14.7. The number of hydrogen-bond acceptors (Lipinski definition) is 5. The fraction of sp³-hybridized carbons (Fsp3) is 0.357. The molecule has 0 saturated heterocycles. The van der Waals surface area contributed by atoms with Gasteiger partial charge >= 0.3 is 11.9 Å². The lowest BCUT2D eigenvalue weighted by molar-refractivity contribution is -0.143. The van der Waals surface area contributed by atoms with E-state index >= 15 is 0 Å². The molecule has 1 aromatic rings. The number of benzene rings is 1. The van der Waals surface area contributed by atoms with Crippen LogP contribution in [0.3, 0.4) is 0 Å². The van der Waals surface area contributed by atoms with Crippen LogP contribution in [0.2, 0.25) is 0 Å². The Morgan fingerprint density at radius 2 is 1.84 bits per heavy atom. The molecule has 0 radical (unpaired) electrons. The maximum absolute atomic E-state index is 11.8. The topological polar surface area (TPSA) is 76.4 Å². The van der Waals surface area contributed by atoms with Gasteiger partial charge in [-0.15, -0.1) is 0 Å². The quantitative estimate of drug-likeness (QED) is 0.758. The molecule has 0 bridgehead atoms. The monoisotopic (exact) mass is 261 g/mol. The van der Waals surface area contributed by atoms with Crippen LogP contribution in [0.25, 0.3) is 0 Å². The number of esters is 2. The zero-order chi connectivity index (χ0) is 14.3. The normalized spacial score (nSPS) is 11.2. The number of carbonyl (C=O) groups is 2. The first-order valence-electron chi connectivity index (χ1n) is 5.98. The van der Waals surface area contributed by atoms with Crippen LogP contribution in [0.5, 0.6) is 0 Å². The summed E-state index contributed by atoms with van der Waals surface area (Å²) < 4.78 is 9.73. The first-order valence-corrected chi connectivity index (χ1v) is 5.98. The highest BCUT2D eigenvalue weighted by Crippen LogP contribution is 2.22. The summed E-state index contributed by atoms with van der Waals surface area (Å²) in [6.45, 7) is 3.75. The van der Waals surface area contributed by atoms with E-state index in [9.17, 15) is 9.59 Å². The van der Waals surface area contributed by atoms with Crippen LogP contribution in [0, 0.1) is 11.3 Å². The maximum atomic E-state index is 11.8. The largest absolute Gasteiger partial charge is 0.465 e. The third-order valence-corrected chi connectivity index (χ3v) is 2.42. The Balaban J connectivity index is 3.14. The second kappa shape index (κ2) is 7.17. The van der Waals surface area contributed by atoms with Gasteiger partial charge in [0.25, 0.3) is 0 Å². The standard InChI is InChI=1S/C14H15NO4/c1-3-18-13(16)11-8-6-5-7-10(11)12(9-15)14(17)19-4-2/h5-8,12H,3-4H2,1-2H3. The summed E-state index contributed by atoms with van der Waals surface area (Å²) in [5.41, 5.74) is 0.519. The molecule has 0 spiro atoms. The lowest BCUT2D eigenvalue weighted by Gasteiger charge is -2.12. The number of hydrogen-bond donors (Lipinski definition) is 0. The molecule has 0 aromatic heterocycles. The van der Waals surface area contributed by atoms with Crippen LogP contribution in [0.4, 0.5) is 0 Å². The van der Waals surface area contributed by atoms with Crippen LogP contribution in [0.15, 0.2) is 24.3 Å². The SMILES string of the molecule is CCOC(=O)c1ccccc1C(C#N)C(=O)OCC. The van der Waals surface area contributed by atoms with Crippen LogP contribution >= 0.6 is 0 Å². The number of rotatable bonds is 5. The van der Waals surface area contributed by atoms with E-state index in [1.807, 2.05) is 6.07 Å². The molecule has 0 aliphatic carbocycles. The summed E-state index contributed by atoms with van der Waals surface area (Å²) in [5.74, 6) is -2.34. The van der Waals surface area contributed by atoms with Crippen molar-refractivity contribution in [2.75, 3.05) is 13.2 Å². The van der Waals surface area contributed by atoms with Gasteiger partial charge in [0.2, 0.25) is 0 Å². The lowest BCUT2D eigenvalue weighted by atomic mass is 9.95. The molecule has 19 heavy (non-hydrogen) atoms. The van der Waals surface area contributed by atoms with Crippen molar-refractivity contribution in [3.63, 3.8) is 0 Å². The average molecular weight is 261 g/mol. The highest BCUT2D eigenvalue weighted by atomic mass is 16.5. The molecule has 1 rings (SSSR count). The fourth-order valence-corrected chi connectivity index (χ4v) is 1.62. The van der Waals surface area contributed by atoms with Gasteiger partial charge in [-0.3, -0.25) is 4.79 Å². The van der Waals surface area contributed by atoms with Crippen molar-refractivity contribution < 1.29 is 19.1 Å². The number of carbonyl (C=O) groups excluding carboxylic acids is 2. The molecule has 0 saturated carbocycles. The number of nitriles is 1. The molecule has 0 aliphatic rings.